The molecule has 0 unspecified atom stereocenters. The third kappa shape index (κ3) is 3.08. The molecule has 5 heteroatoms. The van der Waals surface area contributed by atoms with Gasteiger partial charge in [0.25, 0.3) is 0 Å². The highest BCUT2D eigenvalue weighted by atomic mass is 16.5. The molecule has 0 spiro atoms. The number of benzene rings is 1. The summed E-state index contributed by atoms with van der Waals surface area (Å²) < 4.78 is 13.1. The molecule has 0 fully saturated rings. The predicted molar refractivity (Wildman–Crippen MR) is 81.4 cm³/mol. The van der Waals surface area contributed by atoms with Crippen molar-refractivity contribution in [3.8, 4) is 5.75 Å². The fraction of sp³-hybridized carbons (Fsp3) is 0.312. The van der Waals surface area contributed by atoms with Gasteiger partial charge in [-0.15, -0.1) is 0 Å². The zero-order valence-electron chi connectivity index (χ0n) is 12.3. The molecule has 0 saturated carbocycles. The van der Waals surface area contributed by atoms with Gasteiger partial charge in [-0.2, -0.15) is 5.10 Å². The first-order valence-corrected chi connectivity index (χ1v) is 7.01. The molecule has 0 bridgehead atoms. The molecule has 0 aliphatic rings. The Morgan fingerprint density at radius 3 is 3.05 bits per heavy atom. The molecule has 1 aromatic carbocycles. The van der Waals surface area contributed by atoms with Crippen molar-refractivity contribution in [2.24, 2.45) is 0 Å². The molecule has 0 amide bonds. The Labute approximate surface area is 123 Å². The number of ether oxygens (including phenoxy) is 1. The van der Waals surface area contributed by atoms with Crippen LogP contribution in [0.3, 0.4) is 0 Å². The van der Waals surface area contributed by atoms with E-state index in [1.807, 2.05) is 48.3 Å². The molecule has 0 radical (unpaired) electrons. The standard InChI is InChI=1S/C16H19N3O2/c1-12-9-18-19(11-12)7-6-17-10-14-8-13-4-3-5-15(20-2)16(13)21-14/h3-5,8-9,11,17H,6-7,10H2,1-2H3. The van der Waals surface area contributed by atoms with Gasteiger partial charge in [0.1, 0.15) is 5.76 Å². The maximum absolute atomic E-state index is 5.84. The summed E-state index contributed by atoms with van der Waals surface area (Å²) in [7, 11) is 1.65. The van der Waals surface area contributed by atoms with Crippen LogP contribution in [0.2, 0.25) is 0 Å². The molecule has 2 aromatic heterocycles. The average Bonchev–Trinajstić information content (AvgIpc) is 3.08. The average molecular weight is 285 g/mol. The molecule has 1 N–H and O–H groups in total. The van der Waals surface area contributed by atoms with E-state index in [9.17, 15) is 0 Å². The van der Waals surface area contributed by atoms with E-state index < -0.39 is 0 Å². The summed E-state index contributed by atoms with van der Waals surface area (Å²) in [5.74, 6) is 1.68. The van der Waals surface area contributed by atoms with E-state index in [-0.39, 0.29) is 0 Å². The Morgan fingerprint density at radius 1 is 1.38 bits per heavy atom. The number of methoxy groups -OCH3 is 1. The summed E-state index contributed by atoms with van der Waals surface area (Å²) in [5, 5.41) is 8.68. The summed E-state index contributed by atoms with van der Waals surface area (Å²) in [4.78, 5) is 0. The van der Waals surface area contributed by atoms with Crippen LogP contribution in [-0.4, -0.2) is 23.4 Å². The Hall–Kier alpha value is -2.27. The second kappa shape index (κ2) is 6.01. The monoisotopic (exact) mass is 285 g/mol. The maximum atomic E-state index is 5.84. The Kier molecular flexibility index (Phi) is 3.92. The molecule has 21 heavy (non-hydrogen) atoms. The number of fused-ring (bicyclic) bond motifs is 1. The minimum atomic E-state index is 0.693. The van der Waals surface area contributed by atoms with E-state index in [2.05, 4.69) is 10.4 Å². The Bertz CT molecular complexity index is 730. The van der Waals surface area contributed by atoms with Gasteiger partial charge in [0.15, 0.2) is 11.3 Å². The van der Waals surface area contributed by atoms with Crippen LogP contribution in [0.4, 0.5) is 0 Å². The number of furan rings is 1. The number of para-hydroxylation sites is 1. The van der Waals surface area contributed by atoms with Crippen molar-refractivity contribution in [2.75, 3.05) is 13.7 Å². The van der Waals surface area contributed by atoms with Crippen molar-refractivity contribution in [1.82, 2.24) is 15.1 Å². The minimum absolute atomic E-state index is 0.693. The highest BCUT2D eigenvalue weighted by Crippen LogP contribution is 2.28. The normalized spacial score (nSPS) is 11.1. The molecular formula is C16H19N3O2. The number of nitrogens with one attached hydrogen (secondary N) is 1. The lowest BCUT2D eigenvalue weighted by Crippen LogP contribution is -2.19. The van der Waals surface area contributed by atoms with E-state index in [0.29, 0.717) is 6.54 Å². The number of rotatable bonds is 6. The number of nitrogens with zero attached hydrogens (tertiary/aromatic N) is 2. The number of hydrogen-bond acceptors (Lipinski definition) is 4. The first-order chi connectivity index (χ1) is 10.3. The van der Waals surface area contributed by atoms with Crippen molar-refractivity contribution in [2.45, 2.75) is 20.0 Å². The predicted octanol–water partition coefficient (Wildman–Crippen LogP) is 2.74. The van der Waals surface area contributed by atoms with Crippen LogP contribution in [0.15, 0.2) is 41.1 Å². The molecule has 110 valence electrons. The lowest BCUT2D eigenvalue weighted by Gasteiger charge is -2.03. The molecule has 0 saturated heterocycles. The zero-order chi connectivity index (χ0) is 14.7. The van der Waals surface area contributed by atoms with Crippen LogP contribution in [0, 0.1) is 6.92 Å². The zero-order valence-corrected chi connectivity index (χ0v) is 12.3. The van der Waals surface area contributed by atoms with E-state index in [0.717, 1.165) is 35.6 Å². The summed E-state index contributed by atoms with van der Waals surface area (Å²) in [5.41, 5.74) is 1.99. The summed E-state index contributed by atoms with van der Waals surface area (Å²) in [6, 6.07) is 7.94. The van der Waals surface area contributed by atoms with Crippen LogP contribution in [0.1, 0.15) is 11.3 Å². The largest absolute Gasteiger partial charge is 0.493 e. The molecule has 5 nitrogen and oxygen atoms in total. The lowest BCUT2D eigenvalue weighted by molar-refractivity contribution is 0.405. The van der Waals surface area contributed by atoms with E-state index >= 15 is 0 Å². The van der Waals surface area contributed by atoms with Crippen molar-refractivity contribution in [1.29, 1.82) is 0 Å². The van der Waals surface area contributed by atoms with Crippen molar-refractivity contribution in [3.05, 3.63) is 48.0 Å². The fourth-order valence-corrected chi connectivity index (χ4v) is 2.33. The third-order valence-corrected chi connectivity index (χ3v) is 3.36. The van der Waals surface area contributed by atoms with Crippen LogP contribution in [0.5, 0.6) is 5.75 Å². The molecule has 0 aliphatic heterocycles. The SMILES string of the molecule is COc1cccc2cc(CNCCn3cc(C)cn3)oc12. The van der Waals surface area contributed by atoms with E-state index in [4.69, 9.17) is 9.15 Å². The van der Waals surface area contributed by atoms with E-state index in [1.54, 1.807) is 7.11 Å². The van der Waals surface area contributed by atoms with Crippen LogP contribution in [-0.2, 0) is 13.1 Å². The molecule has 0 atom stereocenters. The van der Waals surface area contributed by atoms with Gasteiger partial charge in [0, 0.05) is 18.1 Å². The lowest BCUT2D eigenvalue weighted by atomic mass is 10.2. The number of hydrogen-bond donors (Lipinski definition) is 1. The molecule has 2 heterocycles. The van der Waals surface area contributed by atoms with Gasteiger partial charge in [0.05, 0.1) is 26.4 Å². The summed E-state index contributed by atoms with van der Waals surface area (Å²) >= 11 is 0. The molecule has 3 rings (SSSR count). The number of aryl methyl sites for hydroxylation is 1. The van der Waals surface area contributed by atoms with Crippen molar-refractivity contribution >= 4 is 11.0 Å². The van der Waals surface area contributed by atoms with Crippen LogP contribution >= 0.6 is 0 Å². The number of aromatic nitrogens is 2. The molecular weight excluding hydrogens is 266 g/mol. The smallest absolute Gasteiger partial charge is 0.176 e. The van der Waals surface area contributed by atoms with Gasteiger partial charge in [-0.1, -0.05) is 12.1 Å². The first-order valence-electron chi connectivity index (χ1n) is 7.01. The van der Waals surface area contributed by atoms with E-state index in [1.165, 1.54) is 5.56 Å². The summed E-state index contributed by atoms with van der Waals surface area (Å²) in [6.07, 6.45) is 3.90. The summed E-state index contributed by atoms with van der Waals surface area (Å²) in [6.45, 7) is 4.42. The van der Waals surface area contributed by atoms with Crippen LogP contribution in [0.25, 0.3) is 11.0 Å². The Morgan fingerprint density at radius 2 is 2.29 bits per heavy atom. The highest BCUT2D eigenvalue weighted by Gasteiger charge is 2.08. The molecule has 0 aliphatic carbocycles. The van der Waals surface area contributed by atoms with Gasteiger partial charge in [-0.25, -0.2) is 0 Å². The first kappa shape index (κ1) is 13.7. The van der Waals surface area contributed by atoms with Gasteiger partial charge >= 0.3 is 0 Å². The van der Waals surface area contributed by atoms with Crippen molar-refractivity contribution < 1.29 is 9.15 Å². The topological polar surface area (TPSA) is 52.2 Å². The van der Waals surface area contributed by atoms with Gasteiger partial charge in [-0.05, 0) is 24.6 Å². The minimum Gasteiger partial charge on any atom is -0.493 e. The van der Waals surface area contributed by atoms with Crippen molar-refractivity contribution in [3.63, 3.8) is 0 Å². The van der Waals surface area contributed by atoms with Crippen LogP contribution < -0.4 is 10.1 Å². The molecule has 3 aromatic rings. The van der Waals surface area contributed by atoms with Gasteiger partial charge in [0.2, 0.25) is 0 Å². The van der Waals surface area contributed by atoms with Gasteiger partial charge in [-0.3, -0.25) is 4.68 Å². The maximum Gasteiger partial charge on any atom is 0.176 e. The second-order valence-electron chi connectivity index (χ2n) is 5.05. The highest BCUT2D eigenvalue weighted by molar-refractivity contribution is 5.83. The second-order valence-corrected chi connectivity index (χ2v) is 5.05. The third-order valence-electron chi connectivity index (χ3n) is 3.36. The quantitative estimate of drug-likeness (QED) is 0.708. The fourth-order valence-electron chi connectivity index (χ4n) is 2.33. The Balaban J connectivity index is 1.58. The van der Waals surface area contributed by atoms with Gasteiger partial charge < -0.3 is 14.5 Å².